The summed E-state index contributed by atoms with van der Waals surface area (Å²) < 4.78 is 5.18. The van der Waals surface area contributed by atoms with Gasteiger partial charge < -0.3 is 15.4 Å². The van der Waals surface area contributed by atoms with Gasteiger partial charge in [-0.3, -0.25) is 9.59 Å². The fraction of sp³-hybridized carbons (Fsp3) is 0.400. The molecule has 2 amide bonds. The summed E-state index contributed by atoms with van der Waals surface area (Å²) in [6, 6.07) is 10.5. The van der Waals surface area contributed by atoms with Crippen molar-refractivity contribution in [2.75, 3.05) is 19.8 Å². The SMILES string of the molecule is N#CC(Cc1ccccc1)C(=O)N1CCOCC1C(N)=O. The third-order valence-electron chi connectivity index (χ3n) is 3.48. The van der Waals surface area contributed by atoms with Crippen LogP contribution in [-0.2, 0) is 20.7 Å². The average molecular weight is 287 g/mol. The van der Waals surface area contributed by atoms with E-state index in [9.17, 15) is 14.9 Å². The number of benzene rings is 1. The van der Waals surface area contributed by atoms with Gasteiger partial charge in [-0.05, 0) is 12.0 Å². The second kappa shape index (κ2) is 6.86. The molecule has 6 heteroatoms. The van der Waals surface area contributed by atoms with Crippen LogP contribution in [0.1, 0.15) is 5.56 Å². The van der Waals surface area contributed by atoms with Crippen molar-refractivity contribution in [1.82, 2.24) is 4.90 Å². The fourth-order valence-corrected chi connectivity index (χ4v) is 2.34. The van der Waals surface area contributed by atoms with Crippen LogP contribution in [0.3, 0.4) is 0 Å². The number of ether oxygens (including phenoxy) is 1. The number of rotatable bonds is 4. The summed E-state index contributed by atoms with van der Waals surface area (Å²) in [5.74, 6) is -1.81. The van der Waals surface area contributed by atoms with Crippen molar-refractivity contribution in [3.8, 4) is 6.07 Å². The Hall–Kier alpha value is -2.39. The second-order valence-electron chi connectivity index (χ2n) is 4.90. The minimum atomic E-state index is -0.827. The second-order valence-corrected chi connectivity index (χ2v) is 4.90. The van der Waals surface area contributed by atoms with E-state index in [2.05, 4.69) is 0 Å². The quantitative estimate of drug-likeness (QED) is 0.848. The number of amides is 2. The Kier molecular flexibility index (Phi) is 4.90. The van der Waals surface area contributed by atoms with E-state index >= 15 is 0 Å². The van der Waals surface area contributed by atoms with Crippen LogP contribution in [-0.4, -0.2) is 42.5 Å². The molecule has 1 aromatic carbocycles. The van der Waals surface area contributed by atoms with Crippen LogP contribution in [0.25, 0.3) is 0 Å². The van der Waals surface area contributed by atoms with E-state index in [1.807, 2.05) is 36.4 Å². The molecule has 2 unspecified atom stereocenters. The van der Waals surface area contributed by atoms with Crippen molar-refractivity contribution >= 4 is 11.8 Å². The molecule has 1 saturated heterocycles. The molecule has 1 aliphatic rings. The number of morpholine rings is 1. The Morgan fingerprint density at radius 3 is 2.76 bits per heavy atom. The molecule has 0 saturated carbocycles. The maximum atomic E-state index is 12.5. The molecular weight excluding hydrogens is 270 g/mol. The van der Waals surface area contributed by atoms with E-state index in [0.29, 0.717) is 13.0 Å². The van der Waals surface area contributed by atoms with E-state index in [1.54, 1.807) is 0 Å². The minimum absolute atomic E-state index is 0.0879. The third kappa shape index (κ3) is 3.58. The van der Waals surface area contributed by atoms with Crippen molar-refractivity contribution in [3.63, 3.8) is 0 Å². The summed E-state index contributed by atoms with van der Waals surface area (Å²) >= 11 is 0. The molecule has 21 heavy (non-hydrogen) atoms. The third-order valence-corrected chi connectivity index (χ3v) is 3.48. The lowest BCUT2D eigenvalue weighted by Crippen LogP contribution is -2.56. The predicted octanol–water partition coefficient (Wildman–Crippen LogP) is 0.0816. The Morgan fingerprint density at radius 1 is 1.43 bits per heavy atom. The Balaban J connectivity index is 2.12. The lowest BCUT2D eigenvalue weighted by atomic mass is 9.98. The molecule has 0 bridgehead atoms. The molecule has 0 aliphatic carbocycles. The molecule has 1 fully saturated rings. The Morgan fingerprint density at radius 2 is 2.14 bits per heavy atom. The molecular formula is C15H17N3O3. The van der Waals surface area contributed by atoms with Gasteiger partial charge in [0, 0.05) is 6.54 Å². The first kappa shape index (κ1) is 15.0. The highest BCUT2D eigenvalue weighted by molar-refractivity contribution is 5.89. The Labute approximate surface area is 123 Å². The van der Waals surface area contributed by atoms with Crippen molar-refractivity contribution in [3.05, 3.63) is 35.9 Å². The van der Waals surface area contributed by atoms with Crippen LogP contribution in [0.4, 0.5) is 0 Å². The summed E-state index contributed by atoms with van der Waals surface area (Å²) in [4.78, 5) is 25.3. The number of carbonyl (C=O) groups excluding carboxylic acids is 2. The zero-order valence-corrected chi connectivity index (χ0v) is 11.6. The molecule has 1 aliphatic heterocycles. The van der Waals surface area contributed by atoms with Gasteiger partial charge in [0.2, 0.25) is 11.8 Å². The summed E-state index contributed by atoms with van der Waals surface area (Å²) in [5.41, 5.74) is 6.20. The highest BCUT2D eigenvalue weighted by Gasteiger charge is 2.35. The van der Waals surface area contributed by atoms with E-state index in [0.717, 1.165) is 5.56 Å². The lowest BCUT2D eigenvalue weighted by Gasteiger charge is -2.34. The van der Waals surface area contributed by atoms with Gasteiger partial charge in [-0.15, -0.1) is 0 Å². The number of primary amides is 1. The largest absolute Gasteiger partial charge is 0.377 e. The van der Waals surface area contributed by atoms with Crippen LogP contribution in [0, 0.1) is 17.2 Å². The number of hydrogen-bond acceptors (Lipinski definition) is 4. The first-order valence-corrected chi connectivity index (χ1v) is 6.74. The fourth-order valence-electron chi connectivity index (χ4n) is 2.34. The van der Waals surface area contributed by atoms with E-state index in [4.69, 9.17) is 10.5 Å². The predicted molar refractivity (Wildman–Crippen MR) is 74.8 cm³/mol. The van der Waals surface area contributed by atoms with Gasteiger partial charge in [0.1, 0.15) is 12.0 Å². The number of nitriles is 1. The zero-order chi connectivity index (χ0) is 15.2. The molecule has 110 valence electrons. The van der Waals surface area contributed by atoms with Crippen LogP contribution in [0.2, 0.25) is 0 Å². The van der Waals surface area contributed by atoms with Gasteiger partial charge in [-0.25, -0.2) is 0 Å². The van der Waals surface area contributed by atoms with Gasteiger partial charge in [-0.1, -0.05) is 30.3 Å². The summed E-state index contributed by atoms with van der Waals surface area (Å²) in [7, 11) is 0. The monoisotopic (exact) mass is 287 g/mol. The van der Waals surface area contributed by atoms with Crippen molar-refractivity contribution in [2.24, 2.45) is 11.7 Å². The molecule has 0 radical (unpaired) electrons. The normalized spacial score (nSPS) is 19.6. The van der Waals surface area contributed by atoms with Crippen molar-refractivity contribution < 1.29 is 14.3 Å². The van der Waals surface area contributed by atoms with Crippen LogP contribution in [0.5, 0.6) is 0 Å². The first-order chi connectivity index (χ1) is 10.1. The number of hydrogen-bond donors (Lipinski definition) is 1. The first-order valence-electron chi connectivity index (χ1n) is 6.74. The molecule has 1 heterocycles. The average Bonchev–Trinajstić information content (AvgIpc) is 2.53. The number of nitrogens with zero attached hydrogens (tertiary/aromatic N) is 2. The Bertz CT molecular complexity index is 553. The van der Waals surface area contributed by atoms with Crippen LogP contribution in [0.15, 0.2) is 30.3 Å². The van der Waals surface area contributed by atoms with Gasteiger partial charge >= 0.3 is 0 Å². The minimum Gasteiger partial charge on any atom is -0.377 e. The van der Waals surface area contributed by atoms with Gasteiger partial charge in [-0.2, -0.15) is 5.26 Å². The topological polar surface area (TPSA) is 96.4 Å². The van der Waals surface area contributed by atoms with Crippen LogP contribution >= 0.6 is 0 Å². The van der Waals surface area contributed by atoms with Gasteiger partial charge in [0.05, 0.1) is 19.3 Å². The molecule has 2 rings (SSSR count). The highest BCUT2D eigenvalue weighted by atomic mass is 16.5. The molecule has 2 atom stereocenters. The molecule has 1 aromatic rings. The molecule has 0 spiro atoms. The van der Waals surface area contributed by atoms with E-state index in [1.165, 1.54) is 4.90 Å². The summed E-state index contributed by atoms with van der Waals surface area (Å²) in [5, 5.41) is 9.27. The van der Waals surface area contributed by atoms with Crippen molar-refractivity contribution in [1.29, 1.82) is 5.26 Å². The van der Waals surface area contributed by atoms with E-state index in [-0.39, 0.29) is 19.1 Å². The summed E-state index contributed by atoms with van der Waals surface area (Å²) in [6.07, 6.45) is 0.318. The van der Waals surface area contributed by atoms with E-state index < -0.39 is 17.9 Å². The standard InChI is InChI=1S/C15H17N3O3/c16-9-12(8-11-4-2-1-3-5-11)15(20)18-6-7-21-10-13(18)14(17)19/h1-5,12-13H,6-8,10H2,(H2,17,19). The lowest BCUT2D eigenvalue weighted by molar-refractivity contribution is -0.149. The van der Waals surface area contributed by atoms with Gasteiger partial charge in [0.15, 0.2) is 0 Å². The smallest absolute Gasteiger partial charge is 0.242 e. The zero-order valence-electron chi connectivity index (χ0n) is 11.6. The maximum Gasteiger partial charge on any atom is 0.242 e. The van der Waals surface area contributed by atoms with Crippen LogP contribution < -0.4 is 5.73 Å². The summed E-state index contributed by atoms with van der Waals surface area (Å²) in [6.45, 7) is 0.711. The highest BCUT2D eigenvalue weighted by Crippen LogP contribution is 2.15. The van der Waals surface area contributed by atoms with Crippen molar-refractivity contribution in [2.45, 2.75) is 12.5 Å². The molecule has 0 aromatic heterocycles. The molecule has 6 nitrogen and oxygen atoms in total. The maximum absolute atomic E-state index is 12.5. The number of nitrogens with two attached hydrogens (primary N) is 1. The molecule has 2 N–H and O–H groups in total. The van der Waals surface area contributed by atoms with Gasteiger partial charge in [0.25, 0.3) is 0 Å². The number of carbonyl (C=O) groups is 2.